The Morgan fingerprint density at radius 1 is 1.67 bits per heavy atom. The van der Waals surface area contributed by atoms with Gasteiger partial charge in [0.2, 0.25) is 0 Å². The summed E-state index contributed by atoms with van der Waals surface area (Å²) in [5.41, 5.74) is -0.542. The molecule has 0 bridgehead atoms. The van der Waals surface area contributed by atoms with Crippen LogP contribution in [-0.4, -0.2) is 10.7 Å². The van der Waals surface area contributed by atoms with Crippen molar-refractivity contribution in [2.24, 2.45) is 0 Å². The molecule has 0 heterocycles. The molecule has 1 saturated carbocycles. The molecule has 1 heteroatoms. The molecule has 3 radical (unpaired) electrons. The second-order valence-corrected chi connectivity index (χ2v) is 1.90. The first kappa shape index (κ1) is 4.13. The van der Waals surface area contributed by atoms with Crippen LogP contribution in [0, 0.1) is 6.92 Å². The van der Waals surface area contributed by atoms with Crippen LogP contribution in [0.25, 0.3) is 0 Å². The van der Waals surface area contributed by atoms with Gasteiger partial charge >= 0.3 is 0 Å². The molecule has 1 N–H and O–H groups in total. The summed E-state index contributed by atoms with van der Waals surface area (Å²) < 4.78 is 0. The summed E-state index contributed by atoms with van der Waals surface area (Å²) in [7, 11) is 0. The van der Waals surface area contributed by atoms with E-state index in [-0.39, 0.29) is 6.42 Å². The van der Waals surface area contributed by atoms with Crippen molar-refractivity contribution in [2.75, 3.05) is 0 Å². The summed E-state index contributed by atoms with van der Waals surface area (Å²) in [6.45, 7) is 6.67. The minimum absolute atomic E-state index is 0.188. The SMILES string of the molecule is [C]CC1(O)CC1. The summed E-state index contributed by atoms with van der Waals surface area (Å²) in [4.78, 5) is 0. The van der Waals surface area contributed by atoms with Crippen LogP contribution < -0.4 is 0 Å². The van der Waals surface area contributed by atoms with Gasteiger partial charge in [0.05, 0.1) is 5.60 Å². The van der Waals surface area contributed by atoms with E-state index in [4.69, 9.17) is 12.0 Å². The summed E-state index contributed by atoms with van der Waals surface area (Å²) >= 11 is 0. The molecule has 0 unspecified atom stereocenters. The minimum Gasteiger partial charge on any atom is -0.390 e. The van der Waals surface area contributed by atoms with Crippen LogP contribution >= 0.6 is 0 Å². The Bertz CT molecular complexity index is 55.0. The Morgan fingerprint density at radius 3 is 2.17 bits per heavy atom. The van der Waals surface area contributed by atoms with Crippen molar-refractivity contribution in [3.05, 3.63) is 6.92 Å². The molecule has 1 fully saturated rings. The van der Waals surface area contributed by atoms with Gasteiger partial charge < -0.3 is 5.11 Å². The first-order valence-electron chi connectivity index (χ1n) is 2.14. The van der Waals surface area contributed by atoms with Gasteiger partial charge in [0.25, 0.3) is 0 Å². The van der Waals surface area contributed by atoms with Crippen LogP contribution in [0.4, 0.5) is 0 Å². The van der Waals surface area contributed by atoms with Crippen molar-refractivity contribution in [2.45, 2.75) is 24.9 Å². The maximum absolute atomic E-state index is 8.75. The highest BCUT2D eigenvalue weighted by Crippen LogP contribution is 2.37. The van der Waals surface area contributed by atoms with E-state index in [1.807, 2.05) is 0 Å². The normalized spacial score (nSPS) is 27.0. The Balaban J connectivity index is 2.28. The third-order valence-electron chi connectivity index (χ3n) is 1.16. The van der Waals surface area contributed by atoms with E-state index < -0.39 is 5.60 Å². The van der Waals surface area contributed by atoms with Crippen molar-refractivity contribution in [1.29, 1.82) is 0 Å². The summed E-state index contributed by atoms with van der Waals surface area (Å²) in [5.74, 6) is 0. The van der Waals surface area contributed by atoms with E-state index in [0.717, 1.165) is 12.8 Å². The molecule has 1 aliphatic carbocycles. The molecule has 0 aromatic carbocycles. The number of rotatable bonds is 1. The molecule has 1 nitrogen and oxygen atoms in total. The lowest BCUT2D eigenvalue weighted by atomic mass is 10.3. The molecule has 33 valence electrons. The van der Waals surface area contributed by atoms with Crippen LogP contribution in [0.5, 0.6) is 0 Å². The van der Waals surface area contributed by atoms with Crippen molar-refractivity contribution in [1.82, 2.24) is 0 Å². The van der Waals surface area contributed by atoms with E-state index in [9.17, 15) is 0 Å². The number of aliphatic hydroxyl groups is 1. The molecular weight excluding hydrogens is 76.1 g/mol. The third-order valence-corrected chi connectivity index (χ3v) is 1.16. The fourth-order valence-electron chi connectivity index (χ4n) is 0.321. The average molecular weight is 83.1 g/mol. The van der Waals surface area contributed by atoms with Crippen LogP contribution in [0.1, 0.15) is 19.3 Å². The molecule has 0 saturated heterocycles. The molecule has 1 rings (SSSR count). The predicted octanol–water partition coefficient (Wildman–Crippen LogP) is 0.489. The van der Waals surface area contributed by atoms with Crippen molar-refractivity contribution < 1.29 is 5.11 Å². The summed E-state index contributed by atoms with van der Waals surface area (Å²) in [6.07, 6.45) is 1.88. The first-order valence-corrected chi connectivity index (χ1v) is 2.14. The Hall–Kier alpha value is -0.0400. The highest BCUT2D eigenvalue weighted by molar-refractivity contribution is 4.93. The van der Waals surface area contributed by atoms with E-state index in [2.05, 4.69) is 0 Å². The minimum atomic E-state index is -0.542. The number of hydrogen-bond acceptors (Lipinski definition) is 1. The van der Waals surface area contributed by atoms with E-state index >= 15 is 0 Å². The van der Waals surface area contributed by atoms with Gasteiger partial charge in [-0.2, -0.15) is 0 Å². The highest BCUT2D eigenvalue weighted by Gasteiger charge is 2.37. The lowest BCUT2D eigenvalue weighted by Gasteiger charge is -1.95. The largest absolute Gasteiger partial charge is 0.390 e. The lowest BCUT2D eigenvalue weighted by Crippen LogP contribution is -2.01. The van der Waals surface area contributed by atoms with Gasteiger partial charge in [-0.05, 0) is 26.2 Å². The van der Waals surface area contributed by atoms with Crippen LogP contribution in [-0.2, 0) is 0 Å². The lowest BCUT2D eigenvalue weighted by molar-refractivity contribution is 0.153. The van der Waals surface area contributed by atoms with E-state index in [0.29, 0.717) is 0 Å². The molecular formula is C5H7O. The molecule has 1 aliphatic rings. The van der Waals surface area contributed by atoms with Crippen molar-refractivity contribution in [3.8, 4) is 0 Å². The molecule has 6 heavy (non-hydrogen) atoms. The van der Waals surface area contributed by atoms with Gasteiger partial charge in [0, 0.05) is 0 Å². The zero-order valence-corrected chi connectivity index (χ0v) is 3.57. The predicted molar refractivity (Wildman–Crippen MR) is 22.0 cm³/mol. The maximum atomic E-state index is 8.75. The van der Waals surface area contributed by atoms with Crippen molar-refractivity contribution >= 4 is 0 Å². The fraction of sp³-hybridized carbons (Fsp3) is 0.800. The molecule has 0 aliphatic heterocycles. The molecule has 0 aromatic heterocycles. The molecule has 0 atom stereocenters. The summed E-state index contributed by atoms with van der Waals surface area (Å²) in [5, 5.41) is 8.75. The summed E-state index contributed by atoms with van der Waals surface area (Å²) in [6, 6.07) is 0. The second-order valence-electron chi connectivity index (χ2n) is 1.90. The van der Waals surface area contributed by atoms with Gasteiger partial charge in [-0.1, -0.05) is 0 Å². The Labute approximate surface area is 38.0 Å². The first-order chi connectivity index (χ1) is 2.77. The van der Waals surface area contributed by atoms with Gasteiger partial charge in [-0.15, -0.1) is 0 Å². The third kappa shape index (κ3) is 0.548. The van der Waals surface area contributed by atoms with E-state index in [1.54, 1.807) is 0 Å². The van der Waals surface area contributed by atoms with Crippen LogP contribution in [0.15, 0.2) is 0 Å². The molecule has 0 amide bonds. The van der Waals surface area contributed by atoms with Gasteiger partial charge in [0.1, 0.15) is 0 Å². The molecule has 0 aromatic rings. The Kier molecular flexibility index (Phi) is 0.667. The second kappa shape index (κ2) is 0.969. The zero-order chi connectivity index (χ0) is 4.62. The fourth-order valence-corrected chi connectivity index (χ4v) is 0.321. The van der Waals surface area contributed by atoms with Crippen molar-refractivity contribution in [3.63, 3.8) is 0 Å². The number of hydrogen-bond donors (Lipinski definition) is 1. The monoisotopic (exact) mass is 83.0 g/mol. The smallest absolute Gasteiger partial charge is 0.0655 e. The van der Waals surface area contributed by atoms with Gasteiger partial charge in [-0.3, -0.25) is 0 Å². The quantitative estimate of drug-likeness (QED) is 0.489. The van der Waals surface area contributed by atoms with Crippen LogP contribution in [0.3, 0.4) is 0 Å². The maximum Gasteiger partial charge on any atom is 0.0655 e. The zero-order valence-electron chi connectivity index (χ0n) is 3.57. The van der Waals surface area contributed by atoms with Gasteiger partial charge in [0.15, 0.2) is 0 Å². The highest BCUT2D eigenvalue weighted by atomic mass is 16.3. The standard InChI is InChI=1S/C5H7O/c1-2-5(6)3-4-5/h6H,2-4H2. The van der Waals surface area contributed by atoms with Crippen LogP contribution in [0.2, 0.25) is 0 Å². The topological polar surface area (TPSA) is 20.2 Å². The van der Waals surface area contributed by atoms with E-state index in [1.165, 1.54) is 0 Å². The van der Waals surface area contributed by atoms with Gasteiger partial charge in [-0.25, -0.2) is 0 Å². The molecule has 0 spiro atoms. The average Bonchev–Trinajstić information content (AvgIpc) is 2.22. The Morgan fingerprint density at radius 2 is 2.17 bits per heavy atom.